The Balaban J connectivity index is 1.78. The Morgan fingerprint density at radius 2 is 0.923 bits per heavy atom. The zero-order chi connectivity index (χ0) is 18.5. The molecule has 3 aromatic rings. The number of nitrogens with two attached hydrogens (primary N) is 2. The zero-order valence-electron chi connectivity index (χ0n) is 15.7. The summed E-state index contributed by atoms with van der Waals surface area (Å²) in [6.07, 6.45) is 2.04. The first kappa shape index (κ1) is 18.1. The molecule has 2 heteroatoms. The molecule has 134 valence electrons. The van der Waals surface area contributed by atoms with Gasteiger partial charge in [-0.1, -0.05) is 62.4 Å². The van der Waals surface area contributed by atoms with Crippen LogP contribution in [-0.2, 0) is 12.8 Å². The van der Waals surface area contributed by atoms with Gasteiger partial charge in [-0.15, -0.1) is 0 Å². The van der Waals surface area contributed by atoms with E-state index in [9.17, 15) is 0 Å². The van der Waals surface area contributed by atoms with E-state index in [4.69, 9.17) is 11.5 Å². The molecule has 0 bridgehead atoms. The standard InChI is InChI=1S/C24H28N2/c1-17(15-19-7-11-21(25)12-8-19)23-5-3-4-6-24(23)18(2)16-20-9-13-22(26)14-10-20/h3-14,17-18H,15-16,25-26H2,1-2H3. The van der Waals surface area contributed by atoms with Crippen LogP contribution < -0.4 is 11.5 Å². The molecule has 3 aromatic carbocycles. The molecular formula is C24H28N2. The van der Waals surface area contributed by atoms with Crippen molar-refractivity contribution < 1.29 is 0 Å². The highest BCUT2D eigenvalue weighted by molar-refractivity contribution is 5.42. The minimum Gasteiger partial charge on any atom is -0.399 e. The van der Waals surface area contributed by atoms with Gasteiger partial charge < -0.3 is 11.5 Å². The van der Waals surface area contributed by atoms with Crippen LogP contribution in [0.25, 0.3) is 0 Å². The second kappa shape index (κ2) is 8.09. The number of benzene rings is 3. The third-order valence-electron chi connectivity index (χ3n) is 5.10. The molecule has 0 saturated carbocycles. The highest BCUT2D eigenvalue weighted by Gasteiger charge is 2.16. The van der Waals surface area contributed by atoms with Crippen LogP contribution in [0.15, 0.2) is 72.8 Å². The summed E-state index contributed by atoms with van der Waals surface area (Å²) >= 11 is 0. The zero-order valence-corrected chi connectivity index (χ0v) is 15.7. The molecule has 0 heterocycles. The second-order valence-electron chi connectivity index (χ2n) is 7.32. The van der Waals surface area contributed by atoms with Crippen LogP contribution in [0.3, 0.4) is 0 Å². The van der Waals surface area contributed by atoms with Crippen LogP contribution >= 0.6 is 0 Å². The fourth-order valence-corrected chi connectivity index (χ4v) is 3.64. The van der Waals surface area contributed by atoms with Gasteiger partial charge in [-0.2, -0.15) is 0 Å². The summed E-state index contributed by atoms with van der Waals surface area (Å²) in [5.41, 5.74) is 18.8. The maximum Gasteiger partial charge on any atom is 0.0314 e. The van der Waals surface area contributed by atoms with E-state index in [0.717, 1.165) is 24.2 Å². The predicted molar refractivity (Wildman–Crippen MR) is 112 cm³/mol. The lowest BCUT2D eigenvalue weighted by molar-refractivity contribution is 0.699. The van der Waals surface area contributed by atoms with E-state index in [1.165, 1.54) is 22.3 Å². The van der Waals surface area contributed by atoms with E-state index in [0.29, 0.717) is 11.8 Å². The monoisotopic (exact) mass is 344 g/mol. The van der Waals surface area contributed by atoms with Crippen molar-refractivity contribution in [3.8, 4) is 0 Å². The first-order chi connectivity index (χ1) is 12.5. The van der Waals surface area contributed by atoms with Crippen LogP contribution in [0, 0.1) is 0 Å². The number of anilines is 2. The summed E-state index contributed by atoms with van der Waals surface area (Å²) in [5, 5.41) is 0. The van der Waals surface area contributed by atoms with Gasteiger partial charge in [-0.05, 0) is 71.2 Å². The fraction of sp³-hybridized carbons (Fsp3) is 0.250. The summed E-state index contributed by atoms with van der Waals surface area (Å²) < 4.78 is 0. The smallest absolute Gasteiger partial charge is 0.0314 e. The van der Waals surface area contributed by atoms with Crippen LogP contribution in [-0.4, -0.2) is 0 Å². The Bertz CT molecular complexity index is 762. The molecule has 0 amide bonds. The van der Waals surface area contributed by atoms with E-state index < -0.39 is 0 Å². The lowest BCUT2D eigenvalue weighted by Gasteiger charge is -2.21. The maximum atomic E-state index is 5.81. The fourth-order valence-electron chi connectivity index (χ4n) is 3.64. The molecule has 0 aromatic heterocycles. The van der Waals surface area contributed by atoms with Crippen molar-refractivity contribution >= 4 is 11.4 Å². The van der Waals surface area contributed by atoms with Gasteiger partial charge >= 0.3 is 0 Å². The van der Waals surface area contributed by atoms with E-state index in [1.807, 2.05) is 24.3 Å². The molecular weight excluding hydrogens is 316 g/mol. The Labute approximate surface area is 156 Å². The number of rotatable bonds is 6. The lowest BCUT2D eigenvalue weighted by atomic mass is 9.84. The average Bonchev–Trinajstić information content (AvgIpc) is 2.65. The van der Waals surface area contributed by atoms with Crippen molar-refractivity contribution in [3.63, 3.8) is 0 Å². The molecule has 2 nitrogen and oxygen atoms in total. The minimum absolute atomic E-state index is 0.462. The minimum atomic E-state index is 0.462. The largest absolute Gasteiger partial charge is 0.399 e. The first-order valence-corrected chi connectivity index (χ1v) is 9.30. The first-order valence-electron chi connectivity index (χ1n) is 9.30. The summed E-state index contributed by atoms with van der Waals surface area (Å²) in [7, 11) is 0. The molecule has 3 rings (SSSR count). The topological polar surface area (TPSA) is 52.0 Å². The molecule has 0 radical (unpaired) electrons. The molecule has 26 heavy (non-hydrogen) atoms. The molecule has 0 spiro atoms. The van der Waals surface area contributed by atoms with Gasteiger partial charge in [0.05, 0.1) is 0 Å². The highest BCUT2D eigenvalue weighted by atomic mass is 14.5. The molecule has 2 atom stereocenters. The maximum absolute atomic E-state index is 5.81. The Morgan fingerprint density at radius 1 is 0.577 bits per heavy atom. The van der Waals surface area contributed by atoms with Crippen LogP contribution in [0.5, 0.6) is 0 Å². The number of nitrogen functional groups attached to an aromatic ring is 2. The quantitative estimate of drug-likeness (QED) is 0.577. The molecule has 0 fully saturated rings. The SMILES string of the molecule is CC(Cc1ccc(N)cc1)c1ccccc1C(C)Cc1ccc(N)cc1. The van der Waals surface area contributed by atoms with Crippen LogP contribution in [0.1, 0.15) is 47.9 Å². The van der Waals surface area contributed by atoms with E-state index in [2.05, 4.69) is 62.4 Å². The van der Waals surface area contributed by atoms with Crippen LogP contribution in [0.2, 0.25) is 0 Å². The number of hydrogen-bond acceptors (Lipinski definition) is 2. The Kier molecular flexibility index (Phi) is 5.62. The van der Waals surface area contributed by atoms with Crippen molar-refractivity contribution in [2.24, 2.45) is 0 Å². The third kappa shape index (κ3) is 4.45. The van der Waals surface area contributed by atoms with Gasteiger partial charge in [-0.25, -0.2) is 0 Å². The van der Waals surface area contributed by atoms with E-state index >= 15 is 0 Å². The van der Waals surface area contributed by atoms with Crippen molar-refractivity contribution in [2.45, 2.75) is 38.5 Å². The molecule has 0 saturated heterocycles. The Hall–Kier alpha value is -2.74. The molecule has 2 unspecified atom stereocenters. The highest BCUT2D eigenvalue weighted by Crippen LogP contribution is 2.31. The summed E-state index contributed by atoms with van der Waals surface area (Å²) in [4.78, 5) is 0. The van der Waals surface area contributed by atoms with Crippen molar-refractivity contribution in [3.05, 3.63) is 95.1 Å². The molecule has 0 aliphatic rings. The van der Waals surface area contributed by atoms with E-state index in [1.54, 1.807) is 0 Å². The van der Waals surface area contributed by atoms with Gasteiger partial charge in [0, 0.05) is 11.4 Å². The van der Waals surface area contributed by atoms with Crippen molar-refractivity contribution in [1.82, 2.24) is 0 Å². The number of hydrogen-bond donors (Lipinski definition) is 2. The van der Waals surface area contributed by atoms with E-state index in [-0.39, 0.29) is 0 Å². The summed E-state index contributed by atoms with van der Waals surface area (Å²) in [6.45, 7) is 4.62. The summed E-state index contributed by atoms with van der Waals surface area (Å²) in [6, 6.07) is 25.3. The normalized spacial score (nSPS) is 13.3. The molecule has 4 N–H and O–H groups in total. The average molecular weight is 345 g/mol. The third-order valence-corrected chi connectivity index (χ3v) is 5.10. The van der Waals surface area contributed by atoms with Crippen molar-refractivity contribution in [1.29, 1.82) is 0 Å². The van der Waals surface area contributed by atoms with Crippen molar-refractivity contribution in [2.75, 3.05) is 11.5 Å². The van der Waals surface area contributed by atoms with Gasteiger partial charge in [0.25, 0.3) is 0 Å². The molecule has 0 aliphatic carbocycles. The van der Waals surface area contributed by atoms with Gasteiger partial charge in [-0.3, -0.25) is 0 Å². The predicted octanol–water partition coefficient (Wildman–Crippen LogP) is 5.54. The lowest BCUT2D eigenvalue weighted by Crippen LogP contribution is -2.07. The van der Waals surface area contributed by atoms with Crippen LogP contribution in [0.4, 0.5) is 11.4 Å². The summed E-state index contributed by atoms with van der Waals surface area (Å²) in [5.74, 6) is 0.924. The molecule has 0 aliphatic heterocycles. The van der Waals surface area contributed by atoms with Gasteiger partial charge in [0.1, 0.15) is 0 Å². The Morgan fingerprint density at radius 3 is 1.27 bits per heavy atom. The second-order valence-corrected chi connectivity index (χ2v) is 7.32. The van der Waals surface area contributed by atoms with Gasteiger partial charge in [0.15, 0.2) is 0 Å². The van der Waals surface area contributed by atoms with Gasteiger partial charge in [0.2, 0.25) is 0 Å².